The van der Waals surface area contributed by atoms with Gasteiger partial charge in [-0.05, 0) is 6.42 Å². The molecule has 1 heterocycles. The van der Waals surface area contributed by atoms with E-state index in [0.717, 1.165) is 10.1 Å². The minimum Gasteiger partial charge on any atom is -0.363 e. The van der Waals surface area contributed by atoms with E-state index in [4.69, 9.17) is 5.73 Å². The van der Waals surface area contributed by atoms with Crippen LogP contribution in [0.25, 0.3) is 0 Å². The average Bonchev–Trinajstić information content (AvgIpc) is 2.66. The lowest BCUT2D eigenvalue weighted by Gasteiger charge is -1.96. The molecule has 0 atom stereocenters. The van der Waals surface area contributed by atoms with Gasteiger partial charge in [-0.2, -0.15) is 0 Å². The molecular weight excluding hydrogens is 230 g/mol. The Balaban J connectivity index is 2.23. The number of hydrogen-bond acceptors (Lipinski definition) is 5. The molecule has 0 aliphatic rings. The maximum absolute atomic E-state index is 10.8. The third-order valence-electron chi connectivity index (χ3n) is 1.84. The van der Waals surface area contributed by atoms with Crippen LogP contribution in [0.4, 0.5) is 0 Å². The van der Waals surface area contributed by atoms with E-state index in [9.17, 15) is 4.79 Å². The fourth-order valence-corrected chi connectivity index (χ4v) is 2.83. The second-order valence-corrected chi connectivity index (χ2v) is 5.47. The molecule has 0 fully saturated rings. The van der Waals surface area contributed by atoms with Crippen molar-refractivity contribution in [1.82, 2.24) is 10.2 Å². The summed E-state index contributed by atoms with van der Waals surface area (Å²) in [4.78, 5) is 10.8. The Kier molecular flexibility index (Phi) is 5.63. The van der Waals surface area contributed by atoms with Gasteiger partial charge in [-0.1, -0.05) is 49.3 Å². The van der Waals surface area contributed by atoms with Gasteiger partial charge in [-0.25, -0.2) is 0 Å². The molecule has 1 rings (SSSR count). The van der Waals surface area contributed by atoms with Crippen LogP contribution >= 0.6 is 23.1 Å². The lowest BCUT2D eigenvalue weighted by Crippen LogP contribution is -2.10. The number of carbonyl (C=O) groups excluding carboxylic acids is 1. The number of rotatable bonds is 7. The van der Waals surface area contributed by atoms with Crippen LogP contribution in [-0.4, -0.2) is 21.9 Å². The van der Waals surface area contributed by atoms with Gasteiger partial charge in [0.05, 0.1) is 0 Å². The zero-order chi connectivity index (χ0) is 11.1. The van der Waals surface area contributed by atoms with Gasteiger partial charge >= 0.3 is 0 Å². The highest BCUT2D eigenvalue weighted by Crippen LogP contribution is 2.23. The Morgan fingerprint density at radius 3 is 2.80 bits per heavy atom. The van der Waals surface area contributed by atoms with Crippen molar-refractivity contribution in [3.8, 4) is 0 Å². The normalized spacial score (nSPS) is 10.5. The van der Waals surface area contributed by atoms with Crippen molar-refractivity contribution < 1.29 is 4.79 Å². The number of aromatic nitrogens is 2. The highest BCUT2D eigenvalue weighted by Gasteiger charge is 2.08. The standard InChI is InChI=1S/C9H15N3OS2/c1-2-3-4-5-6-14-9-12-11-8(15-9)7(10)13/h2-6H2,1H3,(H2,10,13). The first kappa shape index (κ1) is 12.4. The topological polar surface area (TPSA) is 68.9 Å². The van der Waals surface area contributed by atoms with Crippen molar-refractivity contribution in [2.24, 2.45) is 5.73 Å². The molecular formula is C9H15N3OS2. The van der Waals surface area contributed by atoms with Crippen LogP contribution in [0.2, 0.25) is 0 Å². The first-order chi connectivity index (χ1) is 7.24. The van der Waals surface area contributed by atoms with Crippen LogP contribution in [0.5, 0.6) is 0 Å². The van der Waals surface area contributed by atoms with Gasteiger partial charge in [0.2, 0.25) is 5.01 Å². The Bertz CT molecular complexity index is 314. The van der Waals surface area contributed by atoms with Crippen molar-refractivity contribution >= 4 is 29.0 Å². The third kappa shape index (κ3) is 4.61. The second kappa shape index (κ2) is 6.79. The predicted molar refractivity (Wildman–Crippen MR) is 63.3 cm³/mol. The van der Waals surface area contributed by atoms with Crippen LogP contribution in [0, 0.1) is 0 Å². The Labute approximate surface area is 97.7 Å². The highest BCUT2D eigenvalue weighted by molar-refractivity contribution is 8.01. The van der Waals surface area contributed by atoms with E-state index in [1.54, 1.807) is 11.8 Å². The molecule has 1 aromatic heterocycles. The summed E-state index contributed by atoms with van der Waals surface area (Å²) < 4.78 is 0.834. The van der Waals surface area contributed by atoms with Crippen LogP contribution in [0.1, 0.15) is 42.4 Å². The van der Waals surface area contributed by atoms with Gasteiger partial charge in [0.1, 0.15) is 0 Å². The number of unbranched alkanes of at least 4 members (excludes halogenated alkanes) is 3. The molecule has 0 saturated carbocycles. The Morgan fingerprint density at radius 1 is 1.40 bits per heavy atom. The van der Waals surface area contributed by atoms with Crippen molar-refractivity contribution in [2.45, 2.75) is 36.9 Å². The van der Waals surface area contributed by atoms with Crippen molar-refractivity contribution in [2.75, 3.05) is 5.75 Å². The number of thioether (sulfide) groups is 1. The first-order valence-electron chi connectivity index (χ1n) is 5.00. The van der Waals surface area contributed by atoms with Gasteiger partial charge in [0.25, 0.3) is 5.91 Å². The molecule has 0 unspecified atom stereocenters. The molecule has 1 amide bonds. The van der Waals surface area contributed by atoms with E-state index in [1.165, 1.54) is 37.0 Å². The maximum Gasteiger partial charge on any atom is 0.279 e. The van der Waals surface area contributed by atoms with Gasteiger partial charge in [-0.3, -0.25) is 4.79 Å². The number of hydrogen-bond donors (Lipinski definition) is 1. The average molecular weight is 245 g/mol. The fraction of sp³-hybridized carbons (Fsp3) is 0.667. The summed E-state index contributed by atoms with van der Waals surface area (Å²) in [5.74, 6) is 0.540. The quantitative estimate of drug-likeness (QED) is 0.591. The van der Waals surface area contributed by atoms with Crippen LogP contribution in [0.15, 0.2) is 4.34 Å². The number of primary amides is 1. The lowest BCUT2D eigenvalue weighted by atomic mass is 10.2. The molecule has 0 spiro atoms. The zero-order valence-electron chi connectivity index (χ0n) is 8.73. The molecule has 2 N–H and O–H groups in total. The van der Waals surface area contributed by atoms with Crippen LogP contribution < -0.4 is 5.73 Å². The Hall–Kier alpha value is -0.620. The second-order valence-electron chi connectivity index (χ2n) is 3.15. The number of nitrogens with two attached hydrogens (primary N) is 1. The van der Waals surface area contributed by atoms with Crippen LogP contribution in [0.3, 0.4) is 0 Å². The monoisotopic (exact) mass is 245 g/mol. The summed E-state index contributed by atoms with van der Waals surface area (Å²) in [6.45, 7) is 2.19. The van der Waals surface area contributed by atoms with E-state index in [-0.39, 0.29) is 0 Å². The fourth-order valence-electron chi connectivity index (χ4n) is 1.06. The molecule has 1 aromatic rings. The maximum atomic E-state index is 10.8. The largest absolute Gasteiger partial charge is 0.363 e. The first-order valence-corrected chi connectivity index (χ1v) is 6.80. The summed E-state index contributed by atoms with van der Waals surface area (Å²) in [5.41, 5.74) is 5.08. The molecule has 0 saturated heterocycles. The summed E-state index contributed by atoms with van der Waals surface area (Å²) in [6.07, 6.45) is 4.97. The van der Waals surface area contributed by atoms with E-state index in [2.05, 4.69) is 17.1 Å². The van der Waals surface area contributed by atoms with Gasteiger partial charge < -0.3 is 5.73 Å². The minimum atomic E-state index is -0.495. The molecule has 0 radical (unpaired) electrons. The molecule has 15 heavy (non-hydrogen) atoms. The van der Waals surface area contributed by atoms with Gasteiger partial charge in [-0.15, -0.1) is 10.2 Å². The summed E-state index contributed by atoms with van der Waals surface area (Å²) in [5, 5.41) is 7.89. The Morgan fingerprint density at radius 2 is 2.20 bits per heavy atom. The molecule has 0 aromatic carbocycles. The number of nitrogens with zero attached hydrogens (tertiary/aromatic N) is 2. The van der Waals surface area contributed by atoms with E-state index >= 15 is 0 Å². The zero-order valence-corrected chi connectivity index (χ0v) is 10.4. The smallest absolute Gasteiger partial charge is 0.279 e. The van der Waals surface area contributed by atoms with E-state index in [1.807, 2.05) is 0 Å². The molecule has 0 aliphatic heterocycles. The lowest BCUT2D eigenvalue weighted by molar-refractivity contribution is 0.0999. The highest BCUT2D eigenvalue weighted by atomic mass is 32.2. The molecule has 84 valence electrons. The van der Waals surface area contributed by atoms with Gasteiger partial charge in [0.15, 0.2) is 4.34 Å². The van der Waals surface area contributed by atoms with Gasteiger partial charge in [0, 0.05) is 5.75 Å². The van der Waals surface area contributed by atoms with Crippen molar-refractivity contribution in [1.29, 1.82) is 0 Å². The molecule has 6 heteroatoms. The summed E-state index contributed by atoms with van der Waals surface area (Å²) >= 11 is 2.92. The predicted octanol–water partition coefficient (Wildman–Crippen LogP) is 2.31. The summed E-state index contributed by atoms with van der Waals surface area (Å²) in [7, 11) is 0. The number of carbonyl (C=O) groups is 1. The van der Waals surface area contributed by atoms with Crippen LogP contribution in [-0.2, 0) is 0 Å². The van der Waals surface area contributed by atoms with E-state index < -0.39 is 5.91 Å². The SMILES string of the molecule is CCCCCCSc1nnc(C(N)=O)s1. The minimum absolute atomic E-state index is 0.297. The molecule has 0 bridgehead atoms. The summed E-state index contributed by atoms with van der Waals surface area (Å²) in [6, 6.07) is 0. The molecule has 4 nitrogen and oxygen atoms in total. The van der Waals surface area contributed by atoms with E-state index in [0.29, 0.717) is 5.01 Å². The molecule has 0 aliphatic carbocycles. The van der Waals surface area contributed by atoms with Crippen molar-refractivity contribution in [3.05, 3.63) is 5.01 Å². The van der Waals surface area contributed by atoms with Crippen molar-refractivity contribution in [3.63, 3.8) is 0 Å². The third-order valence-corrected chi connectivity index (χ3v) is 4.00. The number of amides is 1.